The van der Waals surface area contributed by atoms with Crippen LogP contribution >= 0.6 is 0 Å². The van der Waals surface area contributed by atoms with E-state index in [9.17, 15) is 9.59 Å². The maximum atomic E-state index is 12.4. The normalized spacial score (nSPS) is 18.4. The molecule has 1 aromatic carbocycles. The van der Waals surface area contributed by atoms with Gasteiger partial charge in [-0.15, -0.1) is 0 Å². The quantitative estimate of drug-likeness (QED) is 0.898. The molecule has 0 bridgehead atoms. The van der Waals surface area contributed by atoms with Crippen molar-refractivity contribution in [3.63, 3.8) is 0 Å². The van der Waals surface area contributed by atoms with Crippen LogP contribution in [0.4, 0.5) is 10.5 Å². The van der Waals surface area contributed by atoms with Gasteiger partial charge in [0.05, 0.1) is 6.42 Å². The van der Waals surface area contributed by atoms with E-state index in [0.717, 1.165) is 30.5 Å². The number of rotatable bonds is 3. The molecular weight excluding hydrogens is 268 g/mol. The molecular formula is C16H22N2O3. The predicted octanol–water partition coefficient (Wildman–Crippen LogP) is 3.16. The minimum atomic E-state index is -0.856. The van der Waals surface area contributed by atoms with Gasteiger partial charge < -0.3 is 15.3 Å². The topological polar surface area (TPSA) is 69.6 Å². The number of aryl methyl sites for hydroxylation is 2. The summed E-state index contributed by atoms with van der Waals surface area (Å²) in [7, 11) is 0. The van der Waals surface area contributed by atoms with Crippen LogP contribution in [-0.4, -0.2) is 34.6 Å². The SMILES string of the molecule is Cc1ccc(NC(=O)N2CCCCC2CC(=O)O)cc1C. The third-order valence-corrected chi connectivity index (χ3v) is 4.06. The fraction of sp³-hybridized carbons (Fsp3) is 0.500. The molecule has 0 aliphatic carbocycles. The Hall–Kier alpha value is -2.04. The molecule has 1 aliphatic rings. The summed E-state index contributed by atoms with van der Waals surface area (Å²) < 4.78 is 0. The molecule has 1 heterocycles. The van der Waals surface area contributed by atoms with Gasteiger partial charge in [-0.25, -0.2) is 4.79 Å². The van der Waals surface area contributed by atoms with Crippen LogP contribution in [0.5, 0.6) is 0 Å². The number of carboxylic acid groups (broad SMARTS) is 1. The zero-order valence-electron chi connectivity index (χ0n) is 12.6. The first kappa shape index (κ1) is 15.4. The summed E-state index contributed by atoms with van der Waals surface area (Å²) in [5, 5.41) is 11.8. The van der Waals surface area contributed by atoms with Gasteiger partial charge in [0.25, 0.3) is 0 Å². The molecule has 1 atom stereocenters. The van der Waals surface area contributed by atoms with E-state index in [1.54, 1.807) is 4.90 Å². The molecule has 2 amide bonds. The molecule has 2 rings (SSSR count). The summed E-state index contributed by atoms with van der Waals surface area (Å²) in [5.41, 5.74) is 3.05. The number of nitrogens with zero attached hydrogens (tertiary/aromatic N) is 1. The van der Waals surface area contributed by atoms with Gasteiger partial charge >= 0.3 is 12.0 Å². The lowest BCUT2D eigenvalue weighted by Gasteiger charge is -2.34. The van der Waals surface area contributed by atoms with E-state index < -0.39 is 5.97 Å². The molecule has 0 spiro atoms. The number of anilines is 1. The predicted molar refractivity (Wildman–Crippen MR) is 81.5 cm³/mol. The first-order valence-electron chi connectivity index (χ1n) is 7.34. The number of nitrogens with one attached hydrogen (secondary N) is 1. The van der Waals surface area contributed by atoms with E-state index in [0.29, 0.717) is 6.54 Å². The number of carbonyl (C=O) groups is 2. The Morgan fingerprint density at radius 1 is 1.29 bits per heavy atom. The lowest BCUT2D eigenvalue weighted by atomic mass is 10.00. The Bertz CT molecular complexity index is 542. The van der Waals surface area contributed by atoms with E-state index in [2.05, 4.69) is 5.32 Å². The number of carbonyl (C=O) groups excluding carboxylic acids is 1. The molecule has 0 aromatic heterocycles. The third-order valence-electron chi connectivity index (χ3n) is 4.06. The summed E-state index contributed by atoms with van der Waals surface area (Å²) in [5.74, 6) is -0.856. The van der Waals surface area contributed by atoms with Gasteiger partial charge in [-0.2, -0.15) is 0 Å². The van der Waals surface area contributed by atoms with Crippen molar-refractivity contribution in [2.24, 2.45) is 0 Å². The minimum Gasteiger partial charge on any atom is -0.481 e. The highest BCUT2D eigenvalue weighted by atomic mass is 16.4. The van der Waals surface area contributed by atoms with Crippen molar-refractivity contribution in [3.05, 3.63) is 29.3 Å². The zero-order chi connectivity index (χ0) is 15.4. The van der Waals surface area contributed by atoms with Crippen molar-refractivity contribution in [2.75, 3.05) is 11.9 Å². The summed E-state index contributed by atoms with van der Waals surface area (Å²) >= 11 is 0. The van der Waals surface area contributed by atoms with Gasteiger partial charge in [0.15, 0.2) is 0 Å². The van der Waals surface area contributed by atoms with Crippen molar-refractivity contribution >= 4 is 17.7 Å². The van der Waals surface area contributed by atoms with Crippen molar-refractivity contribution in [1.82, 2.24) is 4.90 Å². The van der Waals surface area contributed by atoms with Crippen molar-refractivity contribution in [1.29, 1.82) is 0 Å². The Morgan fingerprint density at radius 3 is 2.71 bits per heavy atom. The smallest absolute Gasteiger partial charge is 0.322 e. The minimum absolute atomic E-state index is 0.0142. The van der Waals surface area contributed by atoms with Crippen LogP contribution in [0.1, 0.15) is 36.8 Å². The number of aliphatic carboxylic acids is 1. The van der Waals surface area contributed by atoms with Gasteiger partial charge in [-0.05, 0) is 56.4 Å². The van der Waals surface area contributed by atoms with Crippen molar-refractivity contribution in [3.8, 4) is 0 Å². The number of likely N-dealkylation sites (tertiary alicyclic amines) is 1. The van der Waals surface area contributed by atoms with E-state index in [1.807, 2.05) is 32.0 Å². The molecule has 2 N–H and O–H groups in total. The number of benzene rings is 1. The molecule has 5 heteroatoms. The standard InChI is InChI=1S/C16H22N2O3/c1-11-6-7-13(9-12(11)2)17-16(21)18-8-4-3-5-14(18)10-15(19)20/h6-7,9,14H,3-5,8,10H2,1-2H3,(H,17,21)(H,19,20). The number of hydrogen-bond donors (Lipinski definition) is 2. The number of piperidine rings is 1. The van der Waals surface area contributed by atoms with Gasteiger partial charge in [0.2, 0.25) is 0 Å². The van der Waals surface area contributed by atoms with Crippen LogP contribution in [0.3, 0.4) is 0 Å². The van der Waals surface area contributed by atoms with Crippen LogP contribution in [0.2, 0.25) is 0 Å². The van der Waals surface area contributed by atoms with Crippen LogP contribution in [0.25, 0.3) is 0 Å². The Morgan fingerprint density at radius 2 is 2.05 bits per heavy atom. The average molecular weight is 290 g/mol. The van der Waals surface area contributed by atoms with Crippen molar-refractivity contribution < 1.29 is 14.7 Å². The first-order chi connectivity index (χ1) is 9.97. The van der Waals surface area contributed by atoms with E-state index in [-0.39, 0.29) is 18.5 Å². The molecule has 1 unspecified atom stereocenters. The fourth-order valence-corrected chi connectivity index (χ4v) is 2.70. The molecule has 1 aliphatic heterocycles. The van der Waals surface area contributed by atoms with Crippen LogP contribution in [0.15, 0.2) is 18.2 Å². The lowest BCUT2D eigenvalue weighted by molar-refractivity contribution is -0.138. The monoisotopic (exact) mass is 290 g/mol. The Balaban J connectivity index is 2.06. The second-order valence-electron chi connectivity index (χ2n) is 5.67. The van der Waals surface area contributed by atoms with Crippen molar-refractivity contribution in [2.45, 2.75) is 45.6 Å². The Labute approximate surface area is 125 Å². The maximum absolute atomic E-state index is 12.4. The lowest BCUT2D eigenvalue weighted by Crippen LogP contribution is -2.46. The number of carboxylic acids is 1. The largest absolute Gasteiger partial charge is 0.481 e. The fourth-order valence-electron chi connectivity index (χ4n) is 2.70. The highest BCUT2D eigenvalue weighted by Gasteiger charge is 2.28. The molecule has 21 heavy (non-hydrogen) atoms. The molecule has 114 valence electrons. The highest BCUT2D eigenvalue weighted by Crippen LogP contribution is 2.21. The van der Waals surface area contributed by atoms with Crippen LogP contribution < -0.4 is 5.32 Å². The van der Waals surface area contributed by atoms with Gasteiger partial charge in [-0.3, -0.25) is 4.79 Å². The first-order valence-corrected chi connectivity index (χ1v) is 7.34. The van der Waals surface area contributed by atoms with Gasteiger partial charge in [0, 0.05) is 18.3 Å². The Kier molecular flexibility index (Phi) is 4.83. The van der Waals surface area contributed by atoms with Gasteiger partial charge in [-0.1, -0.05) is 6.07 Å². The van der Waals surface area contributed by atoms with E-state index in [4.69, 9.17) is 5.11 Å². The van der Waals surface area contributed by atoms with Gasteiger partial charge in [0.1, 0.15) is 0 Å². The molecule has 1 saturated heterocycles. The van der Waals surface area contributed by atoms with Crippen LogP contribution in [-0.2, 0) is 4.79 Å². The molecule has 0 radical (unpaired) electrons. The maximum Gasteiger partial charge on any atom is 0.322 e. The van der Waals surface area contributed by atoms with E-state index >= 15 is 0 Å². The number of hydrogen-bond acceptors (Lipinski definition) is 2. The number of amides is 2. The number of urea groups is 1. The zero-order valence-corrected chi connectivity index (χ0v) is 12.6. The summed E-state index contributed by atoms with van der Waals surface area (Å²) in [4.78, 5) is 25.0. The summed E-state index contributed by atoms with van der Waals surface area (Å²) in [6, 6.07) is 5.36. The van der Waals surface area contributed by atoms with Crippen LogP contribution in [0, 0.1) is 13.8 Å². The third kappa shape index (κ3) is 3.97. The summed E-state index contributed by atoms with van der Waals surface area (Å²) in [6.45, 7) is 4.64. The highest BCUT2D eigenvalue weighted by molar-refractivity contribution is 5.90. The molecule has 1 aromatic rings. The second kappa shape index (κ2) is 6.61. The second-order valence-corrected chi connectivity index (χ2v) is 5.67. The summed E-state index contributed by atoms with van der Waals surface area (Å²) in [6.07, 6.45) is 2.68. The average Bonchev–Trinajstić information content (AvgIpc) is 2.43. The molecule has 0 saturated carbocycles. The van der Waals surface area contributed by atoms with E-state index in [1.165, 1.54) is 5.56 Å². The molecule has 5 nitrogen and oxygen atoms in total. The molecule has 1 fully saturated rings.